The van der Waals surface area contributed by atoms with Gasteiger partial charge in [0.25, 0.3) is 0 Å². The smallest absolute Gasteiger partial charge is 0.161 e. The average Bonchev–Trinajstić information content (AvgIpc) is 2.56. The van der Waals surface area contributed by atoms with Gasteiger partial charge in [0, 0.05) is 12.1 Å². The Morgan fingerprint density at radius 1 is 1.04 bits per heavy atom. The van der Waals surface area contributed by atoms with Crippen molar-refractivity contribution in [2.75, 3.05) is 19.8 Å². The number of hydrogen-bond acceptors (Lipinski definition) is 4. The van der Waals surface area contributed by atoms with Gasteiger partial charge in [-0.05, 0) is 79.9 Å². The lowest BCUT2D eigenvalue weighted by Gasteiger charge is -2.65. The topological polar surface area (TPSA) is 50.7 Å². The Morgan fingerprint density at radius 2 is 1.78 bits per heavy atom. The van der Waals surface area contributed by atoms with Crippen LogP contribution in [0.3, 0.4) is 0 Å². The number of aliphatic hydroxyl groups is 1. The van der Waals surface area contributed by atoms with Crippen LogP contribution in [-0.4, -0.2) is 30.5 Å². The SMILES string of the molecule is CCOc1cc(CNC23CC4CC(C)(CC(C)(C4)C2)C3)ccc1OCCO. The van der Waals surface area contributed by atoms with Crippen LogP contribution < -0.4 is 14.8 Å². The first-order valence-electron chi connectivity index (χ1n) is 10.6. The molecule has 4 nitrogen and oxygen atoms in total. The third-order valence-corrected chi connectivity index (χ3v) is 6.95. The molecule has 4 aliphatic carbocycles. The maximum atomic E-state index is 9.00. The summed E-state index contributed by atoms with van der Waals surface area (Å²) in [5.41, 5.74) is 2.60. The summed E-state index contributed by atoms with van der Waals surface area (Å²) in [4.78, 5) is 0. The summed E-state index contributed by atoms with van der Waals surface area (Å²) in [6.07, 6.45) is 8.25. The molecule has 2 N–H and O–H groups in total. The van der Waals surface area contributed by atoms with Crippen LogP contribution in [0.4, 0.5) is 0 Å². The third-order valence-electron chi connectivity index (χ3n) is 6.95. The largest absolute Gasteiger partial charge is 0.490 e. The summed E-state index contributed by atoms with van der Waals surface area (Å²) in [5.74, 6) is 2.39. The fourth-order valence-corrected chi connectivity index (χ4v) is 7.14. The van der Waals surface area contributed by atoms with E-state index in [-0.39, 0.29) is 6.61 Å². The van der Waals surface area contributed by atoms with Crippen LogP contribution in [0.2, 0.25) is 0 Å². The van der Waals surface area contributed by atoms with E-state index in [1.54, 1.807) is 0 Å². The van der Waals surface area contributed by atoms with E-state index >= 15 is 0 Å². The lowest BCUT2D eigenvalue weighted by Crippen LogP contribution is -2.63. The standard InChI is InChI=1S/C23H35NO3/c1-4-26-20-9-17(5-6-19(20)27-8-7-25)13-24-23-12-18-10-21(2,15-23)14-22(3,11-18)16-23/h5-6,9,18,24-25H,4,7-8,10-16H2,1-3H3. The average molecular weight is 374 g/mol. The number of aliphatic hydroxyl groups excluding tert-OH is 1. The number of benzene rings is 1. The second-order valence-corrected chi connectivity index (χ2v) is 10.1. The van der Waals surface area contributed by atoms with Gasteiger partial charge in [-0.15, -0.1) is 0 Å². The molecular formula is C23H35NO3. The minimum Gasteiger partial charge on any atom is -0.490 e. The Hall–Kier alpha value is -1.26. The van der Waals surface area contributed by atoms with Crippen LogP contribution in [0.5, 0.6) is 11.5 Å². The van der Waals surface area contributed by atoms with Gasteiger partial charge in [-0.25, -0.2) is 0 Å². The summed E-state index contributed by atoms with van der Waals surface area (Å²) in [6.45, 7) is 8.81. The number of ether oxygens (including phenoxy) is 2. The van der Waals surface area contributed by atoms with Crippen molar-refractivity contribution in [3.8, 4) is 11.5 Å². The highest BCUT2D eigenvalue weighted by Crippen LogP contribution is 2.66. The summed E-state index contributed by atoms with van der Waals surface area (Å²) >= 11 is 0. The highest BCUT2D eigenvalue weighted by molar-refractivity contribution is 5.43. The third kappa shape index (κ3) is 3.84. The van der Waals surface area contributed by atoms with Gasteiger partial charge in [-0.2, -0.15) is 0 Å². The molecule has 0 radical (unpaired) electrons. The Bertz CT molecular complexity index is 670. The fourth-order valence-electron chi connectivity index (χ4n) is 7.14. The molecule has 0 saturated heterocycles. The van der Waals surface area contributed by atoms with E-state index < -0.39 is 0 Å². The number of rotatable bonds is 8. The van der Waals surface area contributed by atoms with Crippen molar-refractivity contribution >= 4 is 0 Å². The monoisotopic (exact) mass is 373 g/mol. The predicted molar refractivity (Wildman–Crippen MR) is 107 cm³/mol. The Balaban J connectivity index is 1.48. The van der Waals surface area contributed by atoms with Gasteiger partial charge in [0.15, 0.2) is 11.5 Å². The maximum Gasteiger partial charge on any atom is 0.161 e. The first-order valence-corrected chi connectivity index (χ1v) is 10.6. The maximum absolute atomic E-state index is 9.00. The molecule has 150 valence electrons. The summed E-state index contributed by atoms with van der Waals surface area (Å²) in [7, 11) is 0. The molecule has 0 aromatic heterocycles. The Morgan fingerprint density at radius 3 is 2.41 bits per heavy atom. The van der Waals surface area contributed by atoms with E-state index in [2.05, 4.69) is 31.3 Å². The lowest BCUT2D eigenvalue weighted by molar-refractivity contribution is -0.118. The van der Waals surface area contributed by atoms with E-state index in [4.69, 9.17) is 14.6 Å². The highest BCUT2D eigenvalue weighted by Gasteiger charge is 2.59. The lowest BCUT2D eigenvalue weighted by atomic mass is 9.43. The minimum atomic E-state index is 0.0100. The molecule has 4 heteroatoms. The summed E-state index contributed by atoms with van der Waals surface area (Å²) < 4.78 is 11.4. The first-order chi connectivity index (χ1) is 12.9. The molecule has 0 spiro atoms. The van der Waals surface area contributed by atoms with Crippen molar-refractivity contribution in [1.82, 2.24) is 5.32 Å². The molecule has 0 amide bonds. The van der Waals surface area contributed by atoms with Gasteiger partial charge in [0.05, 0.1) is 13.2 Å². The normalized spacial score (nSPS) is 36.8. The van der Waals surface area contributed by atoms with Gasteiger partial charge in [-0.3, -0.25) is 0 Å². The first kappa shape index (κ1) is 19.1. The van der Waals surface area contributed by atoms with Crippen molar-refractivity contribution < 1.29 is 14.6 Å². The van der Waals surface area contributed by atoms with Crippen LogP contribution in [0.25, 0.3) is 0 Å². The van der Waals surface area contributed by atoms with Crippen molar-refractivity contribution in [2.45, 2.75) is 71.4 Å². The molecule has 5 rings (SSSR count). The molecule has 1 aromatic carbocycles. The zero-order chi connectivity index (χ0) is 19.1. The molecule has 4 saturated carbocycles. The Labute approximate surface area is 163 Å². The van der Waals surface area contributed by atoms with Crippen LogP contribution in [0.1, 0.15) is 64.9 Å². The van der Waals surface area contributed by atoms with Gasteiger partial charge in [-0.1, -0.05) is 19.9 Å². The van der Waals surface area contributed by atoms with Crippen molar-refractivity contribution in [3.63, 3.8) is 0 Å². The number of hydrogen-bond donors (Lipinski definition) is 2. The van der Waals surface area contributed by atoms with E-state index in [1.807, 2.05) is 13.0 Å². The summed E-state index contributed by atoms with van der Waals surface area (Å²) in [6, 6.07) is 6.18. The van der Waals surface area contributed by atoms with E-state index in [1.165, 1.54) is 44.1 Å². The van der Waals surface area contributed by atoms with Gasteiger partial charge in [0.1, 0.15) is 6.61 Å². The number of nitrogens with one attached hydrogen (secondary N) is 1. The molecule has 4 fully saturated rings. The second-order valence-electron chi connectivity index (χ2n) is 10.1. The molecule has 2 unspecified atom stereocenters. The molecular weight excluding hydrogens is 338 g/mol. The van der Waals surface area contributed by atoms with E-state index in [9.17, 15) is 0 Å². The van der Waals surface area contributed by atoms with Crippen LogP contribution in [-0.2, 0) is 6.54 Å². The minimum absolute atomic E-state index is 0.0100. The molecule has 4 bridgehead atoms. The zero-order valence-corrected chi connectivity index (χ0v) is 17.1. The van der Waals surface area contributed by atoms with Crippen molar-refractivity contribution in [2.24, 2.45) is 16.7 Å². The van der Waals surface area contributed by atoms with Crippen LogP contribution >= 0.6 is 0 Å². The molecule has 0 heterocycles. The van der Waals surface area contributed by atoms with Crippen molar-refractivity contribution in [3.05, 3.63) is 23.8 Å². The van der Waals surface area contributed by atoms with Crippen LogP contribution in [0.15, 0.2) is 18.2 Å². The van der Waals surface area contributed by atoms with E-state index in [0.29, 0.717) is 35.3 Å². The van der Waals surface area contributed by atoms with Gasteiger partial charge < -0.3 is 19.9 Å². The van der Waals surface area contributed by atoms with Gasteiger partial charge >= 0.3 is 0 Å². The molecule has 0 aliphatic heterocycles. The zero-order valence-electron chi connectivity index (χ0n) is 17.1. The molecule has 2 atom stereocenters. The highest BCUT2D eigenvalue weighted by atomic mass is 16.5. The molecule has 4 aliphatic rings. The quantitative estimate of drug-likeness (QED) is 0.713. The second kappa shape index (κ2) is 6.97. The molecule has 1 aromatic rings. The van der Waals surface area contributed by atoms with Gasteiger partial charge in [0.2, 0.25) is 0 Å². The van der Waals surface area contributed by atoms with E-state index in [0.717, 1.165) is 18.2 Å². The fraction of sp³-hybridized carbons (Fsp3) is 0.739. The van der Waals surface area contributed by atoms with Crippen LogP contribution in [0, 0.1) is 16.7 Å². The summed E-state index contributed by atoms with van der Waals surface area (Å²) in [5, 5.41) is 13.0. The Kier molecular flexibility index (Phi) is 4.92. The predicted octanol–water partition coefficient (Wildman–Crippen LogP) is 4.30. The van der Waals surface area contributed by atoms with Crippen molar-refractivity contribution in [1.29, 1.82) is 0 Å². The molecule has 27 heavy (non-hydrogen) atoms.